The van der Waals surface area contributed by atoms with E-state index in [9.17, 15) is 0 Å². The van der Waals surface area contributed by atoms with Gasteiger partial charge in [-0.25, -0.2) is 0 Å². The van der Waals surface area contributed by atoms with Crippen molar-refractivity contribution in [2.24, 2.45) is 5.92 Å². The lowest BCUT2D eigenvalue weighted by atomic mass is 10.1. The summed E-state index contributed by atoms with van der Waals surface area (Å²) in [7, 11) is 0. The van der Waals surface area contributed by atoms with Gasteiger partial charge in [0.2, 0.25) is 0 Å². The minimum absolute atomic E-state index is 0.698. The zero-order valence-electron chi connectivity index (χ0n) is 9.67. The largest absolute Gasteiger partial charge is 0.384 e. The number of rotatable bonds is 4. The van der Waals surface area contributed by atoms with Crippen LogP contribution in [0.4, 0.5) is 5.69 Å². The highest BCUT2D eigenvalue weighted by Gasteiger charge is 2.13. The van der Waals surface area contributed by atoms with Crippen molar-refractivity contribution in [2.45, 2.75) is 12.8 Å². The fraction of sp³-hybridized carbons (Fsp3) is 0.462. The monoisotopic (exact) mass is 293 g/mol. The number of hydrogen-bond acceptors (Lipinski definition) is 3. The minimum Gasteiger partial charge on any atom is -0.384 e. The zero-order chi connectivity index (χ0) is 12.1. The molecule has 1 atom stereocenters. The van der Waals surface area contributed by atoms with Crippen LogP contribution in [0.1, 0.15) is 18.4 Å². The van der Waals surface area contributed by atoms with Gasteiger partial charge in [0, 0.05) is 11.0 Å². The molecule has 0 spiro atoms. The van der Waals surface area contributed by atoms with Gasteiger partial charge in [0.25, 0.3) is 0 Å². The van der Waals surface area contributed by atoms with Crippen molar-refractivity contribution < 1.29 is 0 Å². The molecule has 0 saturated carbocycles. The standard InChI is InChI=1S/C13H16BrN3/c14-12-1-2-13(11(7-12)8-15)17-6-4-10-3-5-16-9-10/h1-2,7,10,16-17H,3-6,9H2. The Balaban J connectivity index is 1.88. The van der Waals surface area contributed by atoms with Gasteiger partial charge in [-0.05, 0) is 50.0 Å². The van der Waals surface area contributed by atoms with Crippen LogP contribution < -0.4 is 10.6 Å². The molecule has 2 N–H and O–H groups in total. The summed E-state index contributed by atoms with van der Waals surface area (Å²) in [5.74, 6) is 0.781. The molecule has 0 amide bonds. The van der Waals surface area contributed by atoms with Crippen molar-refractivity contribution in [3.05, 3.63) is 28.2 Å². The van der Waals surface area contributed by atoms with E-state index >= 15 is 0 Å². The molecule has 0 radical (unpaired) electrons. The second kappa shape index (κ2) is 6.04. The van der Waals surface area contributed by atoms with Gasteiger partial charge in [0.15, 0.2) is 0 Å². The van der Waals surface area contributed by atoms with Crippen molar-refractivity contribution in [2.75, 3.05) is 25.0 Å². The van der Waals surface area contributed by atoms with E-state index in [1.54, 1.807) is 0 Å². The molecule has 1 fully saturated rings. The summed E-state index contributed by atoms with van der Waals surface area (Å²) >= 11 is 3.37. The van der Waals surface area contributed by atoms with Crippen molar-refractivity contribution >= 4 is 21.6 Å². The smallest absolute Gasteiger partial charge is 0.101 e. The average Bonchev–Trinajstić information content (AvgIpc) is 2.84. The molecule has 0 bridgehead atoms. The SMILES string of the molecule is N#Cc1cc(Br)ccc1NCCC1CCNC1. The van der Waals surface area contributed by atoms with Gasteiger partial charge in [-0.3, -0.25) is 0 Å². The molecule has 1 aliphatic rings. The Labute approximate surface area is 110 Å². The van der Waals surface area contributed by atoms with Crippen LogP contribution in [-0.4, -0.2) is 19.6 Å². The summed E-state index contributed by atoms with van der Waals surface area (Å²) in [5.41, 5.74) is 1.63. The number of benzene rings is 1. The summed E-state index contributed by atoms with van der Waals surface area (Å²) < 4.78 is 0.944. The van der Waals surface area contributed by atoms with E-state index in [4.69, 9.17) is 5.26 Å². The van der Waals surface area contributed by atoms with Crippen LogP contribution in [-0.2, 0) is 0 Å². The molecule has 1 heterocycles. The highest BCUT2D eigenvalue weighted by atomic mass is 79.9. The molecule has 1 unspecified atom stereocenters. The fourth-order valence-electron chi connectivity index (χ4n) is 2.13. The number of nitrogens with one attached hydrogen (secondary N) is 2. The van der Waals surface area contributed by atoms with Gasteiger partial charge in [0.05, 0.1) is 11.3 Å². The predicted molar refractivity (Wildman–Crippen MR) is 72.9 cm³/mol. The molecular weight excluding hydrogens is 278 g/mol. The van der Waals surface area contributed by atoms with E-state index in [-0.39, 0.29) is 0 Å². The maximum absolute atomic E-state index is 9.03. The molecule has 4 heteroatoms. The van der Waals surface area contributed by atoms with E-state index in [1.165, 1.54) is 6.42 Å². The highest BCUT2D eigenvalue weighted by Crippen LogP contribution is 2.21. The maximum Gasteiger partial charge on any atom is 0.101 e. The fourth-order valence-corrected chi connectivity index (χ4v) is 2.50. The third kappa shape index (κ3) is 3.45. The van der Waals surface area contributed by atoms with E-state index in [0.717, 1.165) is 42.1 Å². The molecule has 0 aliphatic carbocycles. The Hall–Kier alpha value is -1.05. The normalized spacial score (nSPS) is 18.9. The third-order valence-electron chi connectivity index (χ3n) is 3.13. The van der Waals surface area contributed by atoms with E-state index in [1.807, 2.05) is 18.2 Å². The lowest BCUT2D eigenvalue weighted by Crippen LogP contribution is -2.13. The molecular formula is C13H16BrN3. The molecule has 17 heavy (non-hydrogen) atoms. The summed E-state index contributed by atoms with van der Waals surface area (Å²) in [4.78, 5) is 0. The summed E-state index contributed by atoms with van der Waals surface area (Å²) in [5, 5.41) is 15.7. The minimum atomic E-state index is 0.698. The summed E-state index contributed by atoms with van der Waals surface area (Å²) in [6, 6.07) is 7.97. The Morgan fingerprint density at radius 2 is 2.41 bits per heavy atom. The number of hydrogen-bond donors (Lipinski definition) is 2. The quantitative estimate of drug-likeness (QED) is 0.897. The van der Waals surface area contributed by atoms with Crippen LogP contribution in [0.2, 0.25) is 0 Å². The van der Waals surface area contributed by atoms with Gasteiger partial charge in [0.1, 0.15) is 6.07 Å². The topological polar surface area (TPSA) is 47.9 Å². The van der Waals surface area contributed by atoms with Gasteiger partial charge in [-0.1, -0.05) is 15.9 Å². The Morgan fingerprint density at radius 1 is 1.53 bits per heavy atom. The first-order valence-corrected chi connectivity index (χ1v) is 6.73. The lowest BCUT2D eigenvalue weighted by molar-refractivity contribution is 0.549. The number of nitrogens with zero attached hydrogens (tertiary/aromatic N) is 1. The average molecular weight is 294 g/mol. The number of nitriles is 1. The van der Waals surface area contributed by atoms with Crippen LogP contribution in [0.3, 0.4) is 0 Å². The van der Waals surface area contributed by atoms with Crippen LogP contribution >= 0.6 is 15.9 Å². The van der Waals surface area contributed by atoms with Crippen molar-refractivity contribution in [3.8, 4) is 6.07 Å². The first kappa shape index (κ1) is 12.4. The van der Waals surface area contributed by atoms with Crippen LogP contribution in [0.15, 0.2) is 22.7 Å². The molecule has 1 aromatic carbocycles. The zero-order valence-corrected chi connectivity index (χ0v) is 11.3. The second-order valence-electron chi connectivity index (χ2n) is 4.38. The Kier molecular flexibility index (Phi) is 4.41. The molecule has 3 nitrogen and oxygen atoms in total. The molecule has 1 aromatic rings. The molecule has 90 valence electrons. The molecule has 1 saturated heterocycles. The predicted octanol–water partition coefficient (Wildman–Crippen LogP) is 2.73. The summed E-state index contributed by atoms with van der Waals surface area (Å²) in [6.07, 6.45) is 2.43. The van der Waals surface area contributed by atoms with Crippen LogP contribution in [0.5, 0.6) is 0 Å². The van der Waals surface area contributed by atoms with E-state index in [0.29, 0.717) is 5.56 Å². The van der Waals surface area contributed by atoms with Crippen LogP contribution in [0, 0.1) is 17.2 Å². The van der Waals surface area contributed by atoms with Gasteiger partial charge >= 0.3 is 0 Å². The molecule has 1 aliphatic heterocycles. The first-order valence-electron chi connectivity index (χ1n) is 5.94. The maximum atomic E-state index is 9.03. The van der Waals surface area contributed by atoms with Crippen LogP contribution in [0.25, 0.3) is 0 Å². The second-order valence-corrected chi connectivity index (χ2v) is 5.29. The van der Waals surface area contributed by atoms with E-state index in [2.05, 4.69) is 32.6 Å². The molecule has 0 aromatic heterocycles. The van der Waals surface area contributed by atoms with Gasteiger partial charge in [-0.15, -0.1) is 0 Å². The van der Waals surface area contributed by atoms with E-state index < -0.39 is 0 Å². The van der Waals surface area contributed by atoms with Gasteiger partial charge < -0.3 is 10.6 Å². The van der Waals surface area contributed by atoms with Crippen molar-refractivity contribution in [1.29, 1.82) is 5.26 Å². The van der Waals surface area contributed by atoms with Crippen molar-refractivity contribution in [3.63, 3.8) is 0 Å². The summed E-state index contributed by atoms with van der Waals surface area (Å²) in [6.45, 7) is 3.21. The Morgan fingerprint density at radius 3 is 3.12 bits per heavy atom. The lowest BCUT2D eigenvalue weighted by Gasteiger charge is -2.11. The Bertz CT molecular complexity index is 419. The molecule has 2 rings (SSSR count). The van der Waals surface area contributed by atoms with Crippen molar-refractivity contribution in [1.82, 2.24) is 5.32 Å². The first-order chi connectivity index (χ1) is 8.29. The third-order valence-corrected chi connectivity index (χ3v) is 3.63. The number of anilines is 1. The van der Waals surface area contributed by atoms with Gasteiger partial charge in [-0.2, -0.15) is 5.26 Å². The highest BCUT2D eigenvalue weighted by molar-refractivity contribution is 9.10. The number of halogens is 1.